The summed E-state index contributed by atoms with van der Waals surface area (Å²) >= 11 is 12.2. The summed E-state index contributed by atoms with van der Waals surface area (Å²) in [5.41, 5.74) is 0.393. The van der Waals surface area contributed by atoms with Crippen LogP contribution >= 0.6 is 23.2 Å². The maximum absolute atomic E-state index is 6.14. The summed E-state index contributed by atoms with van der Waals surface area (Å²) in [5.74, 6) is 0.745. The third kappa shape index (κ3) is 2.53. The quantitative estimate of drug-likeness (QED) is 0.528. The molecule has 0 heterocycles. The van der Waals surface area contributed by atoms with Gasteiger partial charge < -0.3 is 0 Å². The van der Waals surface area contributed by atoms with E-state index in [-0.39, 0.29) is 10.8 Å². The molecule has 0 spiro atoms. The Bertz CT molecular complexity index is 148. The SMILES string of the molecule is CC(C)(C)C1CCC(Cl)C(Cl)C1. The highest BCUT2D eigenvalue weighted by Gasteiger charge is 2.33. The number of hydrogen-bond donors (Lipinski definition) is 0. The van der Waals surface area contributed by atoms with Gasteiger partial charge in [-0.2, -0.15) is 0 Å². The Hall–Kier alpha value is 0.580. The lowest BCUT2D eigenvalue weighted by molar-refractivity contribution is 0.183. The zero-order valence-electron chi connectivity index (χ0n) is 8.11. The number of rotatable bonds is 0. The first-order valence-electron chi connectivity index (χ1n) is 4.69. The standard InChI is InChI=1S/C10H18Cl2/c1-10(2,3)7-4-5-8(11)9(12)6-7/h7-9H,4-6H2,1-3H3. The monoisotopic (exact) mass is 208 g/mol. The van der Waals surface area contributed by atoms with Crippen LogP contribution in [0.3, 0.4) is 0 Å². The highest BCUT2D eigenvalue weighted by molar-refractivity contribution is 6.30. The van der Waals surface area contributed by atoms with E-state index in [2.05, 4.69) is 20.8 Å². The van der Waals surface area contributed by atoms with E-state index in [1.807, 2.05) is 0 Å². The zero-order valence-corrected chi connectivity index (χ0v) is 9.62. The van der Waals surface area contributed by atoms with Crippen LogP contribution in [0.4, 0.5) is 0 Å². The average molecular weight is 209 g/mol. The molecule has 0 bridgehead atoms. The fraction of sp³-hybridized carbons (Fsp3) is 1.00. The number of alkyl halides is 2. The zero-order chi connectivity index (χ0) is 9.35. The molecule has 0 radical (unpaired) electrons. The predicted molar refractivity (Wildman–Crippen MR) is 56.1 cm³/mol. The van der Waals surface area contributed by atoms with Gasteiger partial charge in [0.15, 0.2) is 0 Å². The molecule has 1 rings (SSSR count). The maximum Gasteiger partial charge on any atom is 0.0502 e. The van der Waals surface area contributed by atoms with E-state index in [4.69, 9.17) is 23.2 Å². The summed E-state index contributed by atoms with van der Waals surface area (Å²) in [6, 6.07) is 0. The number of halogens is 2. The van der Waals surface area contributed by atoms with E-state index >= 15 is 0 Å². The molecule has 12 heavy (non-hydrogen) atoms. The van der Waals surface area contributed by atoms with E-state index in [1.165, 1.54) is 6.42 Å². The third-order valence-electron chi connectivity index (χ3n) is 2.92. The van der Waals surface area contributed by atoms with E-state index in [0.29, 0.717) is 5.41 Å². The van der Waals surface area contributed by atoms with Crippen molar-refractivity contribution in [3.63, 3.8) is 0 Å². The molecule has 0 aromatic rings. The van der Waals surface area contributed by atoms with E-state index in [0.717, 1.165) is 18.8 Å². The molecule has 0 aromatic carbocycles. The van der Waals surface area contributed by atoms with Crippen LogP contribution in [-0.4, -0.2) is 10.8 Å². The number of hydrogen-bond acceptors (Lipinski definition) is 0. The molecule has 0 N–H and O–H groups in total. The molecule has 1 fully saturated rings. The molecule has 1 aliphatic rings. The van der Waals surface area contributed by atoms with E-state index in [9.17, 15) is 0 Å². The second-order valence-electron chi connectivity index (χ2n) is 4.91. The van der Waals surface area contributed by atoms with Crippen molar-refractivity contribution in [2.45, 2.75) is 50.8 Å². The average Bonchev–Trinajstić information content (AvgIpc) is 1.92. The summed E-state index contributed by atoms with van der Waals surface area (Å²) in [4.78, 5) is 0. The molecule has 0 aliphatic heterocycles. The van der Waals surface area contributed by atoms with Crippen molar-refractivity contribution < 1.29 is 0 Å². The summed E-state index contributed by atoms with van der Waals surface area (Å²) in [6.07, 6.45) is 3.40. The molecule has 72 valence electrons. The van der Waals surface area contributed by atoms with E-state index < -0.39 is 0 Å². The second-order valence-corrected chi connectivity index (χ2v) is 6.03. The van der Waals surface area contributed by atoms with Gasteiger partial charge in [0.1, 0.15) is 0 Å². The van der Waals surface area contributed by atoms with Gasteiger partial charge in [-0.1, -0.05) is 20.8 Å². The van der Waals surface area contributed by atoms with Crippen LogP contribution in [0.25, 0.3) is 0 Å². The lowest BCUT2D eigenvalue weighted by Gasteiger charge is -2.37. The first-order chi connectivity index (χ1) is 5.41. The van der Waals surface area contributed by atoms with Crippen LogP contribution in [0.15, 0.2) is 0 Å². The molecule has 0 saturated heterocycles. The summed E-state index contributed by atoms with van der Waals surface area (Å²) in [5, 5.41) is 0.384. The Labute approximate surface area is 85.6 Å². The van der Waals surface area contributed by atoms with Crippen LogP contribution in [0, 0.1) is 11.3 Å². The van der Waals surface area contributed by atoms with Crippen molar-refractivity contribution in [1.82, 2.24) is 0 Å². The largest absolute Gasteiger partial charge is 0.121 e. The van der Waals surface area contributed by atoms with Crippen molar-refractivity contribution in [2.75, 3.05) is 0 Å². The summed E-state index contributed by atoms with van der Waals surface area (Å²) < 4.78 is 0. The third-order valence-corrected chi connectivity index (χ3v) is 4.05. The second kappa shape index (κ2) is 3.75. The summed E-state index contributed by atoms with van der Waals surface area (Å²) in [6.45, 7) is 6.86. The van der Waals surface area contributed by atoms with Gasteiger partial charge in [-0.25, -0.2) is 0 Å². The van der Waals surface area contributed by atoms with Crippen LogP contribution in [-0.2, 0) is 0 Å². The van der Waals surface area contributed by atoms with Gasteiger partial charge in [-0.05, 0) is 30.6 Å². The normalized spacial score (nSPS) is 38.2. The molecule has 0 nitrogen and oxygen atoms in total. The molecule has 3 atom stereocenters. The Morgan fingerprint density at radius 3 is 2.00 bits per heavy atom. The maximum atomic E-state index is 6.14. The Morgan fingerprint density at radius 2 is 1.58 bits per heavy atom. The first-order valence-corrected chi connectivity index (χ1v) is 5.56. The Morgan fingerprint density at radius 1 is 1.00 bits per heavy atom. The van der Waals surface area contributed by atoms with Gasteiger partial charge >= 0.3 is 0 Å². The van der Waals surface area contributed by atoms with Gasteiger partial charge in [-0.3, -0.25) is 0 Å². The summed E-state index contributed by atoms with van der Waals surface area (Å²) in [7, 11) is 0. The van der Waals surface area contributed by atoms with Gasteiger partial charge in [0.25, 0.3) is 0 Å². The van der Waals surface area contributed by atoms with Crippen molar-refractivity contribution in [2.24, 2.45) is 11.3 Å². The van der Waals surface area contributed by atoms with Gasteiger partial charge in [0.05, 0.1) is 5.38 Å². The van der Waals surface area contributed by atoms with Crippen molar-refractivity contribution in [3.8, 4) is 0 Å². The predicted octanol–water partition coefficient (Wildman–Crippen LogP) is 4.05. The molecule has 1 saturated carbocycles. The molecule has 2 heteroatoms. The minimum atomic E-state index is 0.185. The van der Waals surface area contributed by atoms with Crippen molar-refractivity contribution in [3.05, 3.63) is 0 Å². The van der Waals surface area contributed by atoms with Crippen LogP contribution in [0.2, 0.25) is 0 Å². The smallest absolute Gasteiger partial charge is 0.0502 e. The first kappa shape index (κ1) is 10.7. The molecule has 0 aromatic heterocycles. The van der Waals surface area contributed by atoms with Gasteiger partial charge in [0.2, 0.25) is 0 Å². The lowest BCUT2D eigenvalue weighted by Crippen LogP contribution is -2.32. The van der Waals surface area contributed by atoms with Crippen LogP contribution in [0.5, 0.6) is 0 Å². The highest BCUT2D eigenvalue weighted by Crippen LogP contribution is 2.40. The van der Waals surface area contributed by atoms with Gasteiger partial charge in [-0.15, -0.1) is 23.2 Å². The van der Waals surface area contributed by atoms with Crippen molar-refractivity contribution in [1.29, 1.82) is 0 Å². The van der Waals surface area contributed by atoms with Crippen LogP contribution in [0.1, 0.15) is 40.0 Å². The molecule has 3 unspecified atom stereocenters. The Kier molecular flexibility index (Phi) is 3.34. The lowest BCUT2D eigenvalue weighted by atomic mass is 9.72. The van der Waals surface area contributed by atoms with E-state index in [1.54, 1.807) is 0 Å². The fourth-order valence-corrected chi connectivity index (χ4v) is 2.44. The fourth-order valence-electron chi connectivity index (χ4n) is 1.87. The molecule has 1 aliphatic carbocycles. The highest BCUT2D eigenvalue weighted by atomic mass is 35.5. The molecular formula is C10H18Cl2. The topological polar surface area (TPSA) is 0 Å². The van der Waals surface area contributed by atoms with Gasteiger partial charge in [0, 0.05) is 5.38 Å². The minimum absolute atomic E-state index is 0.185. The van der Waals surface area contributed by atoms with Crippen LogP contribution < -0.4 is 0 Å². The molecule has 0 amide bonds. The minimum Gasteiger partial charge on any atom is -0.121 e. The van der Waals surface area contributed by atoms with Crippen molar-refractivity contribution >= 4 is 23.2 Å². The Balaban J connectivity index is 2.51. The molecular weight excluding hydrogens is 191 g/mol.